The van der Waals surface area contributed by atoms with Gasteiger partial charge in [-0.25, -0.2) is 0 Å². The number of piperazine rings is 1. The zero-order valence-electron chi connectivity index (χ0n) is 11.7. The average molecular weight is 327 g/mol. The Kier molecular flexibility index (Phi) is 5.39. The molecule has 0 radical (unpaired) electrons. The van der Waals surface area contributed by atoms with Gasteiger partial charge in [0.05, 0.1) is 6.10 Å². The van der Waals surface area contributed by atoms with Crippen molar-refractivity contribution in [1.82, 2.24) is 9.80 Å². The molecule has 4 heteroatoms. The molecule has 0 aromatic heterocycles. The van der Waals surface area contributed by atoms with Gasteiger partial charge in [-0.3, -0.25) is 0 Å². The van der Waals surface area contributed by atoms with Gasteiger partial charge in [-0.05, 0) is 32.0 Å². The maximum absolute atomic E-state index is 10.3. The van der Waals surface area contributed by atoms with Crippen molar-refractivity contribution in [1.29, 1.82) is 0 Å². The highest BCUT2D eigenvalue weighted by Crippen LogP contribution is 2.25. The second-order valence-electron chi connectivity index (χ2n) is 5.46. The van der Waals surface area contributed by atoms with Crippen LogP contribution in [0.4, 0.5) is 0 Å². The Morgan fingerprint density at radius 1 is 1.37 bits per heavy atom. The summed E-state index contributed by atoms with van der Waals surface area (Å²) in [7, 11) is 2.18. The van der Waals surface area contributed by atoms with Crippen LogP contribution in [0.15, 0.2) is 28.7 Å². The SMILES string of the molecule is CC1CN(CCC(O)c2ccccc2Br)CCN1C. The molecule has 1 aliphatic heterocycles. The van der Waals surface area contributed by atoms with E-state index >= 15 is 0 Å². The zero-order chi connectivity index (χ0) is 13.8. The van der Waals surface area contributed by atoms with Crippen molar-refractivity contribution < 1.29 is 5.11 Å². The summed E-state index contributed by atoms with van der Waals surface area (Å²) in [6, 6.07) is 8.52. The molecule has 2 atom stereocenters. The fourth-order valence-corrected chi connectivity index (χ4v) is 3.08. The first-order chi connectivity index (χ1) is 9.08. The lowest BCUT2D eigenvalue weighted by molar-refractivity contribution is 0.0837. The summed E-state index contributed by atoms with van der Waals surface area (Å²) in [5.41, 5.74) is 0.990. The molecule has 1 saturated heterocycles. The molecule has 0 saturated carbocycles. The third-order valence-corrected chi connectivity index (χ3v) is 4.75. The lowest BCUT2D eigenvalue weighted by atomic mass is 10.1. The molecule has 2 unspecified atom stereocenters. The summed E-state index contributed by atoms with van der Waals surface area (Å²) in [6.45, 7) is 6.53. The van der Waals surface area contributed by atoms with Gasteiger partial charge in [0, 0.05) is 36.7 Å². The van der Waals surface area contributed by atoms with Gasteiger partial charge in [0.1, 0.15) is 0 Å². The first-order valence-electron chi connectivity index (χ1n) is 6.93. The fourth-order valence-electron chi connectivity index (χ4n) is 2.53. The molecule has 1 aromatic carbocycles. The predicted octanol–water partition coefficient (Wildman–Crippen LogP) is 2.51. The zero-order valence-corrected chi connectivity index (χ0v) is 13.3. The molecular weight excluding hydrogens is 304 g/mol. The molecule has 0 amide bonds. The van der Waals surface area contributed by atoms with Gasteiger partial charge in [-0.15, -0.1) is 0 Å². The Morgan fingerprint density at radius 3 is 2.79 bits per heavy atom. The van der Waals surface area contributed by atoms with Gasteiger partial charge in [0.25, 0.3) is 0 Å². The minimum absolute atomic E-state index is 0.384. The number of hydrogen-bond acceptors (Lipinski definition) is 3. The molecule has 19 heavy (non-hydrogen) atoms. The maximum atomic E-state index is 10.3. The highest BCUT2D eigenvalue weighted by Gasteiger charge is 2.21. The van der Waals surface area contributed by atoms with Crippen LogP contribution in [0, 0.1) is 0 Å². The van der Waals surface area contributed by atoms with Crippen molar-refractivity contribution in [2.24, 2.45) is 0 Å². The Labute approximate surface area is 124 Å². The lowest BCUT2D eigenvalue weighted by Crippen LogP contribution is -2.50. The fraction of sp³-hybridized carbons (Fsp3) is 0.600. The lowest BCUT2D eigenvalue weighted by Gasteiger charge is -2.38. The standard InChI is InChI=1S/C15H23BrN2O/c1-12-11-18(10-9-17(12)2)8-7-15(19)13-5-3-4-6-14(13)16/h3-6,12,15,19H,7-11H2,1-2H3. The smallest absolute Gasteiger partial charge is 0.0813 e. The van der Waals surface area contributed by atoms with Crippen LogP contribution in [0.1, 0.15) is 25.0 Å². The number of aliphatic hydroxyl groups excluding tert-OH is 1. The molecule has 2 rings (SSSR count). The van der Waals surface area contributed by atoms with Gasteiger partial charge in [0.2, 0.25) is 0 Å². The van der Waals surface area contributed by atoms with E-state index in [9.17, 15) is 5.11 Å². The molecule has 1 N–H and O–H groups in total. The van der Waals surface area contributed by atoms with Gasteiger partial charge in [-0.2, -0.15) is 0 Å². The van der Waals surface area contributed by atoms with Gasteiger partial charge >= 0.3 is 0 Å². The first kappa shape index (κ1) is 15.0. The minimum Gasteiger partial charge on any atom is -0.388 e. The molecule has 3 nitrogen and oxygen atoms in total. The topological polar surface area (TPSA) is 26.7 Å². The van der Waals surface area contributed by atoms with Crippen molar-refractivity contribution in [3.8, 4) is 0 Å². The normalized spacial score (nSPS) is 23.5. The molecule has 106 valence electrons. The van der Waals surface area contributed by atoms with Crippen molar-refractivity contribution in [2.45, 2.75) is 25.5 Å². The van der Waals surface area contributed by atoms with Crippen LogP contribution in [0.5, 0.6) is 0 Å². The van der Waals surface area contributed by atoms with Gasteiger partial charge in [0.15, 0.2) is 0 Å². The number of aliphatic hydroxyl groups is 1. The van der Waals surface area contributed by atoms with Crippen molar-refractivity contribution >= 4 is 15.9 Å². The van der Waals surface area contributed by atoms with E-state index in [-0.39, 0.29) is 6.10 Å². The Hall–Kier alpha value is -0.420. The van der Waals surface area contributed by atoms with Crippen LogP contribution in [0.2, 0.25) is 0 Å². The summed E-state index contributed by atoms with van der Waals surface area (Å²) in [6.07, 6.45) is 0.407. The number of likely N-dealkylation sites (N-methyl/N-ethyl adjacent to an activating group) is 1. The van der Waals surface area contributed by atoms with Crippen molar-refractivity contribution in [3.05, 3.63) is 34.3 Å². The highest BCUT2D eigenvalue weighted by molar-refractivity contribution is 9.10. The third-order valence-electron chi connectivity index (χ3n) is 4.03. The minimum atomic E-state index is -0.384. The second-order valence-corrected chi connectivity index (χ2v) is 6.31. The number of halogens is 1. The van der Waals surface area contributed by atoms with Crippen LogP contribution >= 0.6 is 15.9 Å². The van der Waals surface area contributed by atoms with Crippen molar-refractivity contribution in [3.63, 3.8) is 0 Å². The summed E-state index contributed by atoms with van der Waals surface area (Å²) in [4.78, 5) is 4.84. The molecule has 1 heterocycles. The van der Waals surface area contributed by atoms with Crippen LogP contribution in [-0.2, 0) is 0 Å². The molecule has 0 spiro atoms. The van der Waals surface area contributed by atoms with E-state index in [1.165, 1.54) is 0 Å². The van der Waals surface area contributed by atoms with E-state index in [2.05, 4.69) is 39.7 Å². The summed E-state index contributed by atoms with van der Waals surface area (Å²) < 4.78 is 0.995. The second kappa shape index (κ2) is 6.84. The number of nitrogens with zero attached hydrogens (tertiary/aromatic N) is 2. The van der Waals surface area contributed by atoms with E-state index in [4.69, 9.17) is 0 Å². The molecule has 0 bridgehead atoms. The van der Waals surface area contributed by atoms with Crippen molar-refractivity contribution in [2.75, 3.05) is 33.2 Å². The van der Waals surface area contributed by atoms with Gasteiger partial charge < -0.3 is 14.9 Å². The Bertz CT molecular complexity index is 413. The molecule has 1 aromatic rings. The quantitative estimate of drug-likeness (QED) is 0.921. The number of benzene rings is 1. The van der Waals surface area contributed by atoms with Gasteiger partial charge in [-0.1, -0.05) is 34.1 Å². The van der Waals surface area contributed by atoms with Crippen LogP contribution in [0.25, 0.3) is 0 Å². The van der Waals surface area contributed by atoms with Crippen LogP contribution < -0.4 is 0 Å². The summed E-state index contributed by atoms with van der Waals surface area (Å²) >= 11 is 3.50. The molecule has 1 aliphatic rings. The largest absolute Gasteiger partial charge is 0.388 e. The summed E-state index contributed by atoms with van der Waals surface area (Å²) in [5, 5.41) is 10.3. The van der Waals surface area contributed by atoms with E-state index in [1.807, 2.05) is 24.3 Å². The predicted molar refractivity (Wildman–Crippen MR) is 82.3 cm³/mol. The Balaban J connectivity index is 1.84. The third kappa shape index (κ3) is 4.02. The number of hydrogen-bond donors (Lipinski definition) is 1. The van der Waals surface area contributed by atoms with Crippen LogP contribution in [0.3, 0.4) is 0 Å². The molecule has 0 aliphatic carbocycles. The number of rotatable bonds is 4. The van der Waals surface area contributed by atoms with Crippen LogP contribution in [-0.4, -0.2) is 54.2 Å². The average Bonchev–Trinajstić information content (AvgIpc) is 2.40. The van der Waals surface area contributed by atoms with E-state index in [0.29, 0.717) is 6.04 Å². The van der Waals surface area contributed by atoms with E-state index < -0.39 is 0 Å². The van der Waals surface area contributed by atoms with E-state index in [1.54, 1.807) is 0 Å². The highest BCUT2D eigenvalue weighted by atomic mass is 79.9. The molecule has 1 fully saturated rings. The maximum Gasteiger partial charge on any atom is 0.0813 e. The monoisotopic (exact) mass is 326 g/mol. The first-order valence-corrected chi connectivity index (χ1v) is 7.72. The Morgan fingerprint density at radius 2 is 2.11 bits per heavy atom. The molecular formula is C15H23BrN2O. The summed E-state index contributed by atoms with van der Waals surface area (Å²) in [5.74, 6) is 0. The van der Waals surface area contributed by atoms with E-state index in [0.717, 1.165) is 42.6 Å².